The minimum absolute atomic E-state index is 0.232. The molecule has 1 aromatic rings. The van der Waals surface area contributed by atoms with Crippen LogP contribution in [0, 0.1) is 0 Å². The van der Waals surface area contributed by atoms with E-state index in [-0.39, 0.29) is 5.75 Å². The van der Waals surface area contributed by atoms with Crippen LogP contribution < -0.4 is 4.74 Å². The Balaban J connectivity index is 2.79. The van der Waals surface area contributed by atoms with Crippen molar-refractivity contribution in [2.45, 2.75) is 0 Å². The fourth-order valence-electron chi connectivity index (χ4n) is 0.699. The number of hydrogen-bond donors (Lipinski definition) is 0. The Kier molecular flexibility index (Phi) is 3.69. The summed E-state index contributed by atoms with van der Waals surface area (Å²) >= 11 is 8.87. The normalized spacial score (nSPS) is 9.77. The van der Waals surface area contributed by atoms with E-state index in [0.29, 0.717) is 9.50 Å². The minimum atomic E-state index is -1.15. The maximum atomic E-state index is 11.7. The van der Waals surface area contributed by atoms with Crippen molar-refractivity contribution in [2.75, 3.05) is 6.67 Å². The Morgan fingerprint density at radius 2 is 2.31 bits per heavy atom. The van der Waals surface area contributed by atoms with Crippen molar-refractivity contribution in [3.8, 4) is 5.75 Å². The fourth-order valence-corrected chi connectivity index (χ4v) is 1.12. The van der Waals surface area contributed by atoms with Gasteiger partial charge in [0.1, 0.15) is 5.75 Å². The van der Waals surface area contributed by atoms with E-state index in [1.54, 1.807) is 6.07 Å². The SMILES string of the molecule is O=C(CF)Oc1ccc(Br)c(Cl)c1. The molecular weight excluding hydrogens is 262 g/mol. The first-order valence-electron chi connectivity index (χ1n) is 3.35. The molecule has 0 amide bonds. The number of carbonyl (C=O) groups is 1. The van der Waals surface area contributed by atoms with Gasteiger partial charge < -0.3 is 4.74 Å². The molecule has 0 atom stereocenters. The fraction of sp³-hybridized carbons (Fsp3) is 0.125. The van der Waals surface area contributed by atoms with Gasteiger partial charge in [0.25, 0.3) is 0 Å². The van der Waals surface area contributed by atoms with Gasteiger partial charge in [-0.05, 0) is 28.1 Å². The summed E-state index contributed by atoms with van der Waals surface area (Å²) in [4.78, 5) is 10.5. The van der Waals surface area contributed by atoms with Gasteiger partial charge >= 0.3 is 5.97 Å². The van der Waals surface area contributed by atoms with Crippen molar-refractivity contribution in [1.29, 1.82) is 0 Å². The number of alkyl halides is 1. The number of halogens is 3. The summed E-state index contributed by atoms with van der Waals surface area (Å²) in [7, 11) is 0. The standard InChI is InChI=1S/C8H5BrClFO2/c9-6-2-1-5(3-7(6)10)13-8(12)4-11/h1-3H,4H2. The van der Waals surface area contributed by atoms with Crippen LogP contribution in [-0.2, 0) is 4.79 Å². The maximum absolute atomic E-state index is 11.7. The monoisotopic (exact) mass is 266 g/mol. The molecule has 0 fully saturated rings. The Bertz CT molecular complexity index is 330. The summed E-state index contributed by atoms with van der Waals surface area (Å²) in [5.74, 6) is -0.700. The first kappa shape index (κ1) is 10.5. The van der Waals surface area contributed by atoms with Crippen molar-refractivity contribution in [2.24, 2.45) is 0 Å². The molecule has 0 saturated heterocycles. The molecule has 0 radical (unpaired) electrons. The lowest BCUT2D eigenvalue weighted by molar-refractivity contribution is -0.135. The maximum Gasteiger partial charge on any atom is 0.342 e. The molecule has 0 aliphatic rings. The first-order chi connectivity index (χ1) is 6.13. The second-order valence-corrected chi connectivity index (χ2v) is 3.45. The molecule has 70 valence electrons. The molecule has 0 bridgehead atoms. The van der Waals surface area contributed by atoms with Crippen LogP contribution in [0.2, 0.25) is 5.02 Å². The predicted molar refractivity (Wildman–Crippen MR) is 50.8 cm³/mol. The molecule has 0 saturated carbocycles. The smallest absolute Gasteiger partial charge is 0.342 e. The summed E-state index contributed by atoms with van der Waals surface area (Å²) in [6.07, 6.45) is 0. The van der Waals surface area contributed by atoms with Crippen molar-refractivity contribution in [3.05, 3.63) is 27.7 Å². The van der Waals surface area contributed by atoms with Crippen molar-refractivity contribution in [3.63, 3.8) is 0 Å². The Hall–Kier alpha value is -0.610. The van der Waals surface area contributed by atoms with E-state index < -0.39 is 12.6 Å². The third-order valence-electron chi connectivity index (χ3n) is 1.23. The van der Waals surface area contributed by atoms with Crippen LogP contribution in [0.15, 0.2) is 22.7 Å². The molecule has 1 rings (SSSR count). The summed E-state index contributed by atoms with van der Waals surface area (Å²) in [6, 6.07) is 4.56. The first-order valence-corrected chi connectivity index (χ1v) is 4.52. The van der Waals surface area contributed by atoms with E-state index in [9.17, 15) is 9.18 Å². The van der Waals surface area contributed by atoms with Crippen LogP contribution in [0.1, 0.15) is 0 Å². The Morgan fingerprint density at radius 3 is 2.85 bits per heavy atom. The van der Waals surface area contributed by atoms with E-state index >= 15 is 0 Å². The molecule has 1 aromatic carbocycles. The predicted octanol–water partition coefficient (Wildman–Crippen LogP) is 2.98. The van der Waals surface area contributed by atoms with Gasteiger partial charge in [-0.3, -0.25) is 0 Å². The van der Waals surface area contributed by atoms with Gasteiger partial charge in [-0.2, -0.15) is 0 Å². The summed E-state index contributed by atoms with van der Waals surface area (Å²) in [5, 5.41) is 0.407. The van der Waals surface area contributed by atoms with Crippen LogP contribution in [0.25, 0.3) is 0 Å². The van der Waals surface area contributed by atoms with Crippen molar-refractivity contribution in [1.82, 2.24) is 0 Å². The molecule has 0 heterocycles. The highest BCUT2D eigenvalue weighted by Crippen LogP contribution is 2.26. The van der Waals surface area contributed by atoms with Crippen molar-refractivity contribution >= 4 is 33.5 Å². The van der Waals surface area contributed by atoms with Gasteiger partial charge in [0, 0.05) is 10.5 Å². The van der Waals surface area contributed by atoms with Gasteiger partial charge in [-0.25, -0.2) is 9.18 Å². The molecule has 13 heavy (non-hydrogen) atoms. The molecule has 0 unspecified atom stereocenters. The molecule has 2 nitrogen and oxygen atoms in total. The molecular formula is C8H5BrClFO2. The number of ether oxygens (including phenoxy) is 1. The van der Waals surface area contributed by atoms with Crippen LogP contribution in [-0.4, -0.2) is 12.6 Å². The highest BCUT2D eigenvalue weighted by Gasteiger charge is 2.05. The number of rotatable bonds is 2. The van der Waals surface area contributed by atoms with Crippen LogP contribution in [0.3, 0.4) is 0 Å². The topological polar surface area (TPSA) is 26.3 Å². The van der Waals surface area contributed by atoms with E-state index in [2.05, 4.69) is 20.7 Å². The number of esters is 1. The molecule has 5 heteroatoms. The molecule has 0 aliphatic carbocycles. The highest BCUT2D eigenvalue weighted by atomic mass is 79.9. The summed E-state index contributed by atoms with van der Waals surface area (Å²) < 4.78 is 17.0. The average Bonchev–Trinajstić information content (AvgIpc) is 2.11. The third-order valence-corrected chi connectivity index (χ3v) is 2.46. The zero-order chi connectivity index (χ0) is 9.84. The average molecular weight is 267 g/mol. The van der Waals surface area contributed by atoms with Gasteiger partial charge in [0.15, 0.2) is 6.67 Å². The Labute approximate surface area is 87.8 Å². The van der Waals surface area contributed by atoms with E-state index in [1.807, 2.05) is 0 Å². The summed E-state index contributed by atoms with van der Waals surface area (Å²) in [6.45, 7) is -1.15. The van der Waals surface area contributed by atoms with E-state index in [4.69, 9.17) is 11.6 Å². The lowest BCUT2D eigenvalue weighted by Crippen LogP contribution is -2.09. The van der Waals surface area contributed by atoms with E-state index in [0.717, 1.165) is 0 Å². The van der Waals surface area contributed by atoms with Gasteiger partial charge in [-0.1, -0.05) is 11.6 Å². The van der Waals surface area contributed by atoms with Gasteiger partial charge in [0.05, 0.1) is 5.02 Å². The Morgan fingerprint density at radius 1 is 1.62 bits per heavy atom. The third kappa shape index (κ3) is 2.97. The second kappa shape index (κ2) is 4.58. The van der Waals surface area contributed by atoms with Crippen LogP contribution >= 0.6 is 27.5 Å². The van der Waals surface area contributed by atoms with Crippen LogP contribution in [0.5, 0.6) is 5.75 Å². The quantitative estimate of drug-likeness (QED) is 0.608. The lowest BCUT2D eigenvalue weighted by Gasteiger charge is -2.02. The highest BCUT2D eigenvalue weighted by molar-refractivity contribution is 9.10. The largest absolute Gasteiger partial charge is 0.425 e. The van der Waals surface area contributed by atoms with Crippen molar-refractivity contribution < 1.29 is 13.9 Å². The van der Waals surface area contributed by atoms with Gasteiger partial charge in [0.2, 0.25) is 0 Å². The number of carbonyl (C=O) groups excluding carboxylic acids is 1. The molecule has 0 aliphatic heterocycles. The minimum Gasteiger partial charge on any atom is -0.425 e. The lowest BCUT2D eigenvalue weighted by atomic mass is 10.3. The van der Waals surface area contributed by atoms with Crippen LogP contribution in [0.4, 0.5) is 4.39 Å². The zero-order valence-corrected chi connectivity index (χ0v) is 8.73. The number of hydrogen-bond acceptors (Lipinski definition) is 2. The molecule has 0 N–H and O–H groups in total. The number of benzene rings is 1. The second-order valence-electron chi connectivity index (χ2n) is 2.18. The zero-order valence-electron chi connectivity index (χ0n) is 6.39. The molecule has 0 spiro atoms. The van der Waals surface area contributed by atoms with E-state index in [1.165, 1.54) is 12.1 Å². The summed E-state index contributed by atoms with van der Waals surface area (Å²) in [5.41, 5.74) is 0. The molecule has 0 aromatic heterocycles. The van der Waals surface area contributed by atoms with Gasteiger partial charge in [-0.15, -0.1) is 0 Å².